The highest BCUT2D eigenvalue weighted by molar-refractivity contribution is 5.67. The molecule has 0 radical (unpaired) electrons. The molecule has 14 heavy (non-hydrogen) atoms. The molecule has 0 saturated heterocycles. The Bertz CT molecular complexity index is 432. The van der Waals surface area contributed by atoms with E-state index in [0.717, 1.165) is 0 Å². The Labute approximate surface area is 77.4 Å². The Balaban J connectivity index is 2.64. The second-order valence-corrected chi connectivity index (χ2v) is 2.48. The number of hydrogen-bond acceptors (Lipinski definition) is 4. The summed E-state index contributed by atoms with van der Waals surface area (Å²) in [6, 6.07) is 0. The average Bonchev–Trinajstić information content (AvgIpc) is 2.08. The minimum absolute atomic E-state index is 0.154. The van der Waals surface area contributed by atoms with E-state index in [0.29, 0.717) is 0 Å². The molecule has 0 amide bonds. The zero-order valence-corrected chi connectivity index (χ0v) is 7.07. The number of carbonyl (C=O) groups is 1. The monoisotopic (exact) mass is 200 g/mol. The first-order chi connectivity index (χ1) is 6.59. The van der Waals surface area contributed by atoms with Crippen molar-refractivity contribution in [2.45, 2.75) is 6.61 Å². The number of aromatic amines is 2. The van der Waals surface area contributed by atoms with E-state index in [9.17, 15) is 14.4 Å². The SMILES string of the molecule is O=C(O)COCc1c[nH]c(=O)[nH]c1=O. The molecule has 0 aliphatic heterocycles. The van der Waals surface area contributed by atoms with E-state index in [1.807, 2.05) is 4.98 Å². The van der Waals surface area contributed by atoms with Crippen LogP contribution in [0.15, 0.2) is 15.8 Å². The van der Waals surface area contributed by atoms with Gasteiger partial charge < -0.3 is 14.8 Å². The maximum Gasteiger partial charge on any atom is 0.329 e. The molecule has 0 spiro atoms. The Morgan fingerprint density at radius 3 is 2.79 bits per heavy atom. The molecular formula is C7H8N2O5. The van der Waals surface area contributed by atoms with Gasteiger partial charge in [-0.3, -0.25) is 9.78 Å². The fourth-order valence-corrected chi connectivity index (χ4v) is 0.793. The highest BCUT2D eigenvalue weighted by Gasteiger charge is 2.02. The van der Waals surface area contributed by atoms with Crippen molar-refractivity contribution in [3.05, 3.63) is 32.6 Å². The zero-order chi connectivity index (χ0) is 10.6. The molecule has 0 fully saturated rings. The van der Waals surface area contributed by atoms with Gasteiger partial charge in [0.1, 0.15) is 6.61 Å². The number of nitrogens with one attached hydrogen (secondary N) is 2. The molecule has 7 heteroatoms. The predicted molar refractivity (Wildman–Crippen MR) is 45.0 cm³/mol. The minimum Gasteiger partial charge on any atom is -0.480 e. The fourth-order valence-electron chi connectivity index (χ4n) is 0.793. The van der Waals surface area contributed by atoms with Crippen LogP contribution in [-0.2, 0) is 16.1 Å². The fraction of sp³-hybridized carbons (Fsp3) is 0.286. The number of carboxylic acids is 1. The summed E-state index contributed by atoms with van der Waals surface area (Å²) >= 11 is 0. The summed E-state index contributed by atoms with van der Waals surface area (Å²) in [4.78, 5) is 35.9. The standard InChI is InChI=1S/C7H8N2O5/c10-5(11)3-14-2-4-1-8-7(13)9-6(4)12/h1H,2-3H2,(H,10,11)(H2,8,9,12,13). The van der Waals surface area contributed by atoms with Gasteiger partial charge in [0.15, 0.2) is 0 Å². The lowest BCUT2D eigenvalue weighted by atomic mass is 10.4. The number of ether oxygens (including phenoxy) is 1. The van der Waals surface area contributed by atoms with Crippen molar-refractivity contribution in [1.29, 1.82) is 0 Å². The topological polar surface area (TPSA) is 112 Å². The van der Waals surface area contributed by atoms with Gasteiger partial charge in [-0.25, -0.2) is 9.59 Å². The quantitative estimate of drug-likeness (QED) is 0.557. The second-order valence-electron chi connectivity index (χ2n) is 2.48. The van der Waals surface area contributed by atoms with Gasteiger partial charge in [0.25, 0.3) is 5.56 Å². The summed E-state index contributed by atoms with van der Waals surface area (Å²) in [6.45, 7) is -0.642. The number of H-pyrrole nitrogens is 2. The van der Waals surface area contributed by atoms with Crippen LogP contribution in [-0.4, -0.2) is 27.7 Å². The van der Waals surface area contributed by atoms with Gasteiger partial charge in [-0.05, 0) is 0 Å². The van der Waals surface area contributed by atoms with Crippen LogP contribution in [0.25, 0.3) is 0 Å². The van der Waals surface area contributed by atoms with E-state index in [1.165, 1.54) is 6.20 Å². The van der Waals surface area contributed by atoms with Crippen molar-refractivity contribution in [3.63, 3.8) is 0 Å². The first-order valence-electron chi connectivity index (χ1n) is 3.70. The number of hydrogen-bond donors (Lipinski definition) is 3. The summed E-state index contributed by atoms with van der Waals surface area (Å²) in [5.74, 6) is -1.12. The summed E-state index contributed by atoms with van der Waals surface area (Å²) in [5.41, 5.74) is -1.03. The van der Waals surface area contributed by atoms with Crippen LogP contribution < -0.4 is 11.2 Å². The van der Waals surface area contributed by atoms with Crippen LogP contribution >= 0.6 is 0 Å². The Hall–Kier alpha value is -1.89. The van der Waals surface area contributed by atoms with E-state index < -0.39 is 23.8 Å². The second kappa shape index (κ2) is 4.38. The molecule has 1 rings (SSSR count). The molecule has 3 N–H and O–H groups in total. The third-order valence-corrected chi connectivity index (χ3v) is 1.38. The largest absolute Gasteiger partial charge is 0.480 e. The van der Waals surface area contributed by atoms with Crippen LogP contribution in [0.4, 0.5) is 0 Å². The molecule has 0 saturated carbocycles. The average molecular weight is 200 g/mol. The van der Waals surface area contributed by atoms with E-state index in [4.69, 9.17) is 5.11 Å². The van der Waals surface area contributed by atoms with Crippen molar-refractivity contribution in [3.8, 4) is 0 Å². The number of aliphatic carboxylic acids is 1. The van der Waals surface area contributed by atoms with Gasteiger partial charge in [0.2, 0.25) is 0 Å². The molecular weight excluding hydrogens is 192 g/mol. The van der Waals surface area contributed by atoms with Gasteiger partial charge in [0.05, 0.1) is 12.2 Å². The van der Waals surface area contributed by atoms with Gasteiger partial charge in [-0.1, -0.05) is 0 Å². The molecule has 1 aromatic rings. The van der Waals surface area contributed by atoms with Gasteiger partial charge in [-0.2, -0.15) is 0 Å². The molecule has 1 heterocycles. The van der Waals surface area contributed by atoms with Crippen LogP contribution in [0.3, 0.4) is 0 Å². The predicted octanol–water partition coefficient (Wildman–Crippen LogP) is -1.34. The molecule has 0 atom stereocenters. The van der Waals surface area contributed by atoms with Crippen molar-refractivity contribution < 1.29 is 14.6 Å². The molecule has 7 nitrogen and oxygen atoms in total. The van der Waals surface area contributed by atoms with Gasteiger partial charge in [0, 0.05) is 6.20 Å². The summed E-state index contributed by atoms with van der Waals surface area (Å²) in [6.07, 6.45) is 1.18. The number of aromatic nitrogens is 2. The van der Waals surface area contributed by atoms with E-state index in [2.05, 4.69) is 9.72 Å². The van der Waals surface area contributed by atoms with E-state index in [1.54, 1.807) is 0 Å². The molecule has 0 aliphatic rings. The number of rotatable bonds is 4. The van der Waals surface area contributed by atoms with Gasteiger partial charge in [-0.15, -0.1) is 0 Å². The van der Waals surface area contributed by atoms with Crippen LogP contribution in [0.1, 0.15) is 5.56 Å². The first-order valence-corrected chi connectivity index (χ1v) is 3.70. The third-order valence-electron chi connectivity index (χ3n) is 1.38. The van der Waals surface area contributed by atoms with E-state index >= 15 is 0 Å². The van der Waals surface area contributed by atoms with E-state index in [-0.39, 0.29) is 12.2 Å². The van der Waals surface area contributed by atoms with Crippen molar-refractivity contribution >= 4 is 5.97 Å². The van der Waals surface area contributed by atoms with Crippen LogP contribution in [0.5, 0.6) is 0 Å². The molecule has 0 aliphatic carbocycles. The molecule has 1 aromatic heterocycles. The maximum absolute atomic E-state index is 11.0. The smallest absolute Gasteiger partial charge is 0.329 e. The molecule has 0 unspecified atom stereocenters. The summed E-state index contributed by atoms with van der Waals surface area (Å²) < 4.78 is 4.66. The summed E-state index contributed by atoms with van der Waals surface area (Å²) in [5, 5.41) is 8.24. The lowest BCUT2D eigenvalue weighted by molar-refractivity contribution is -0.142. The molecule has 76 valence electrons. The first kappa shape index (κ1) is 10.2. The highest BCUT2D eigenvalue weighted by Crippen LogP contribution is 1.88. The highest BCUT2D eigenvalue weighted by atomic mass is 16.5. The maximum atomic E-state index is 11.0. The van der Waals surface area contributed by atoms with Crippen LogP contribution in [0.2, 0.25) is 0 Å². The zero-order valence-electron chi connectivity index (χ0n) is 7.07. The minimum atomic E-state index is -1.12. The Morgan fingerprint density at radius 2 is 2.21 bits per heavy atom. The van der Waals surface area contributed by atoms with Crippen molar-refractivity contribution in [2.24, 2.45) is 0 Å². The van der Waals surface area contributed by atoms with Crippen LogP contribution in [0, 0.1) is 0 Å². The van der Waals surface area contributed by atoms with Gasteiger partial charge >= 0.3 is 11.7 Å². The number of carboxylic acid groups (broad SMARTS) is 1. The Morgan fingerprint density at radius 1 is 1.50 bits per heavy atom. The summed E-state index contributed by atoms with van der Waals surface area (Å²) in [7, 11) is 0. The molecule has 0 aromatic carbocycles. The lowest BCUT2D eigenvalue weighted by Crippen LogP contribution is -2.25. The Kier molecular flexibility index (Phi) is 3.19. The lowest BCUT2D eigenvalue weighted by Gasteiger charge is -1.98. The van der Waals surface area contributed by atoms with Crippen molar-refractivity contribution in [1.82, 2.24) is 9.97 Å². The normalized spacial score (nSPS) is 10.0. The third kappa shape index (κ3) is 2.87. The molecule has 0 bridgehead atoms. The van der Waals surface area contributed by atoms with Crippen molar-refractivity contribution in [2.75, 3.05) is 6.61 Å².